The highest BCUT2D eigenvalue weighted by Crippen LogP contribution is 2.38. The van der Waals surface area contributed by atoms with Crippen molar-refractivity contribution in [1.29, 1.82) is 0 Å². The van der Waals surface area contributed by atoms with E-state index in [1.54, 1.807) is 17.5 Å². The molecular weight excluding hydrogens is 336 g/mol. The van der Waals surface area contributed by atoms with Crippen LogP contribution in [0.4, 0.5) is 5.82 Å². The van der Waals surface area contributed by atoms with Crippen molar-refractivity contribution in [2.75, 3.05) is 18.5 Å². The lowest BCUT2D eigenvalue weighted by Gasteiger charge is -2.04. The number of nitrogens with zero attached hydrogens (tertiary/aromatic N) is 3. The van der Waals surface area contributed by atoms with Crippen LogP contribution < -0.4 is 5.32 Å². The molecule has 0 saturated carbocycles. The summed E-state index contributed by atoms with van der Waals surface area (Å²) < 4.78 is 7.57. The van der Waals surface area contributed by atoms with Gasteiger partial charge in [0.05, 0.1) is 24.0 Å². The van der Waals surface area contributed by atoms with Crippen molar-refractivity contribution in [2.24, 2.45) is 7.05 Å². The molecule has 0 aliphatic carbocycles. The van der Waals surface area contributed by atoms with Crippen LogP contribution in [0.25, 0.3) is 21.5 Å². The quantitative estimate of drug-likeness (QED) is 0.780. The van der Waals surface area contributed by atoms with Gasteiger partial charge in [-0.1, -0.05) is 0 Å². The molecule has 6 nitrogen and oxygen atoms in total. The van der Waals surface area contributed by atoms with Gasteiger partial charge in [0.1, 0.15) is 10.8 Å². The minimum absolute atomic E-state index is 0.127. The second-order valence-electron chi connectivity index (χ2n) is 6.44. The van der Waals surface area contributed by atoms with Crippen LogP contribution in [-0.4, -0.2) is 33.7 Å². The maximum atomic E-state index is 11.3. The molecule has 130 valence electrons. The Kier molecular flexibility index (Phi) is 4.05. The van der Waals surface area contributed by atoms with E-state index in [1.807, 2.05) is 17.7 Å². The molecule has 1 atom stereocenters. The van der Waals surface area contributed by atoms with Crippen molar-refractivity contribution < 1.29 is 9.53 Å². The van der Waals surface area contributed by atoms with Crippen LogP contribution in [0.5, 0.6) is 0 Å². The van der Waals surface area contributed by atoms with Gasteiger partial charge in [0.2, 0.25) is 5.91 Å². The zero-order chi connectivity index (χ0) is 17.6. The van der Waals surface area contributed by atoms with E-state index in [9.17, 15) is 4.79 Å². The van der Waals surface area contributed by atoms with E-state index in [0.717, 1.165) is 46.8 Å². The molecule has 0 unspecified atom stereocenters. The number of rotatable bonds is 3. The maximum absolute atomic E-state index is 11.3. The highest BCUT2D eigenvalue weighted by atomic mass is 32.1. The van der Waals surface area contributed by atoms with E-state index in [4.69, 9.17) is 9.72 Å². The molecule has 7 heteroatoms. The van der Waals surface area contributed by atoms with Gasteiger partial charge in [-0.25, -0.2) is 9.97 Å². The van der Waals surface area contributed by atoms with E-state index < -0.39 is 0 Å². The molecule has 4 heterocycles. The summed E-state index contributed by atoms with van der Waals surface area (Å²) in [6.45, 7) is 5.19. The van der Waals surface area contributed by atoms with Gasteiger partial charge in [-0.3, -0.25) is 4.79 Å². The Labute approximate surface area is 149 Å². The monoisotopic (exact) mass is 356 g/mol. The largest absolute Gasteiger partial charge is 0.381 e. The Morgan fingerprint density at radius 1 is 1.48 bits per heavy atom. The van der Waals surface area contributed by atoms with Crippen molar-refractivity contribution in [3.05, 3.63) is 29.0 Å². The average Bonchev–Trinajstić information content (AvgIpc) is 3.26. The number of aromatic nitrogens is 3. The summed E-state index contributed by atoms with van der Waals surface area (Å²) in [6, 6.07) is 1.92. The van der Waals surface area contributed by atoms with Crippen molar-refractivity contribution in [3.8, 4) is 10.6 Å². The predicted octanol–water partition coefficient (Wildman–Crippen LogP) is 3.47. The number of fused-ring (bicyclic) bond motifs is 1. The first kappa shape index (κ1) is 16.2. The Balaban J connectivity index is 1.80. The molecule has 1 fully saturated rings. The zero-order valence-corrected chi connectivity index (χ0v) is 15.3. The lowest BCUT2D eigenvalue weighted by Crippen LogP contribution is -2.07. The second-order valence-corrected chi connectivity index (χ2v) is 7.65. The smallest absolute Gasteiger partial charge is 0.222 e. The summed E-state index contributed by atoms with van der Waals surface area (Å²) in [5.74, 6) is 0.833. The maximum Gasteiger partial charge on any atom is 0.222 e. The van der Waals surface area contributed by atoms with Crippen LogP contribution in [0.1, 0.15) is 29.8 Å². The number of hydrogen-bond acceptors (Lipinski definition) is 5. The molecule has 1 aliphatic rings. The first-order valence-electron chi connectivity index (χ1n) is 8.31. The predicted molar refractivity (Wildman–Crippen MR) is 99.0 cm³/mol. The Hall–Kier alpha value is -2.25. The number of thiazole rings is 1. The average molecular weight is 356 g/mol. The Morgan fingerprint density at radius 3 is 3.04 bits per heavy atom. The number of ether oxygens (including phenoxy) is 1. The number of amides is 1. The number of pyridine rings is 1. The highest BCUT2D eigenvalue weighted by Gasteiger charge is 2.24. The summed E-state index contributed by atoms with van der Waals surface area (Å²) >= 11 is 1.71. The third-order valence-electron chi connectivity index (χ3n) is 4.56. The van der Waals surface area contributed by atoms with Crippen molar-refractivity contribution >= 4 is 34.0 Å². The number of carbonyl (C=O) groups is 1. The molecule has 4 rings (SSSR count). The summed E-state index contributed by atoms with van der Waals surface area (Å²) in [7, 11) is 2.00. The molecule has 1 aliphatic heterocycles. The fraction of sp³-hybridized carbons (Fsp3) is 0.389. The van der Waals surface area contributed by atoms with Gasteiger partial charge >= 0.3 is 0 Å². The third kappa shape index (κ3) is 2.94. The van der Waals surface area contributed by atoms with Crippen LogP contribution >= 0.6 is 11.3 Å². The Morgan fingerprint density at radius 2 is 2.32 bits per heavy atom. The molecule has 3 aromatic rings. The third-order valence-corrected chi connectivity index (χ3v) is 5.58. The molecular formula is C18H20N4O2S. The van der Waals surface area contributed by atoms with Crippen molar-refractivity contribution in [2.45, 2.75) is 26.2 Å². The molecule has 3 aromatic heterocycles. The first-order valence-corrected chi connectivity index (χ1v) is 9.12. The van der Waals surface area contributed by atoms with Crippen LogP contribution in [0.3, 0.4) is 0 Å². The molecule has 0 spiro atoms. The van der Waals surface area contributed by atoms with E-state index in [1.165, 1.54) is 11.8 Å². The van der Waals surface area contributed by atoms with E-state index in [0.29, 0.717) is 11.7 Å². The van der Waals surface area contributed by atoms with Crippen molar-refractivity contribution in [3.63, 3.8) is 0 Å². The standard InChI is InChI=1S/C18H20N4O2S/c1-10-17(12-4-5-24-9-12)21-18(25-10)14-8-22(3)15-7-19-16(6-13(14)15)20-11(2)23/h6-8,12H,4-5,9H2,1-3H3,(H,19,20,23)/t12-/m0/s1. The fourth-order valence-corrected chi connectivity index (χ4v) is 4.37. The van der Waals surface area contributed by atoms with E-state index in [-0.39, 0.29) is 5.91 Å². The first-order chi connectivity index (χ1) is 12.0. The van der Waals surface area contributed by atoms with Gasteiger partial charge in [0, 0.05) is 48.5 Å². The van der Waals surface area contributed by atoms with E-state index in [2.05, 4.69) is 23.4 Å². The second kappa shape index (κ2) is 6.24. The normalized spacial score (nSPS) is 17.3. The van der Waals surface area contributed by atoms with E-state index >= 15 is 0 Å². The van der Waals surface area contributed by atoms with Gasteiger partial charge in [0.25, 0.3) is 0 Å². The molecule has 1 saturated heterocycles. The summed E-state index contributed by atoms with van der Waals surface area (Å²) in [5, 5.41) is 4.80. The topological polar surface area (TPSA) is 69.0 Å². The highest BCUT2D eigenvalue weighted by molar-refractivity contribution is 7.15. The number of aryl methyl sites for hydroxylation is 2. The SMILES string of the molecule is CC(=O)Nc1cc2c(-c3nc([C@H]4CCOC4)c(C)s3)cn(C)c2cn1. The summed E-state index contributed by atoms with van der Waals surface area (Å²) in [4.78, 5) is 21.8. The molecule has 1 amide bonds. The fourth-order valence-electron chi connectivity index (χ4n) is 3.35. The van der Waals surface area contributed by atoms with Crippen LogP contribution in [0, 0.1) is 6.92 Å². The molecule has 1 N–H and O–H groups in total. The molecule has 0 bridgehead atoms. The minimum atomic E-state index is -0.127. The van der Waals surface area contributed by atoms with Gasteiger partial charge in [-0.15, -0.1) is 11.3 Å². The van der Waals surface area contributed by atoms with Crippen LogP contribution in [-0.2, 0) is 16.6 Å². The van der Waals surface area contributed by atoms with Gasteiger partial charge < -0.3 is 14.6 Å². The van der Waals surface area contributed by atoms with Gasteiger partial charge in [-0.05, 0) is 19.4 Å². The molecule has 0 radical (unpaired) electrons. The Bertz CT molecular complexity index is 954. The lowest BCUT2D eigenvalue weighted by molar-refractivity contribution is -0.114. The van der Waals surface area contributed by atoms with Crippen LogP contribution in [0.2, 0.25) is 0 Å². The van der Waals surface area contributed by atoms with Crippen LogP contribution in [0.15, 0.2) is 18.5 Å². The summed E-state index contributed by atoms with van der Waals surface area (Å²) in [5.41, 5.74) is 3.25. The zero-order valence-electron chi connectivity index (χ0n) is 14.5. The number of anilines is 1. The van der Waals surface area contributed by atoms with Crippen molar-refractivity contribution in [1.82, 2.24) is 14.5 Å². The number of nitrogens with one attached hydrogen (secondary N) is 1. The number of hydrogen-bond donors (Lipinski definition) is 1. The molecule has 0 aromatic carbocycles. The number of carbonyl (C=O) groups excluding carboxylic acids is 1. The lowest BCUT2D eigenvalue weighted by atomic mass is 10.0. The minimum Gasteiger partial charge on any atom is -0.381 e. The van der Waals surface area contributed by atoms with Gasteiger partial charge in [-0.2, -0.15) is 0 Å². The van der Waals surface area contributed by atoms with Gasteiger partial charge in [0.15, 0.2) is 0 Å². The summed E-state index contributed by atoms with van der Waals surface area (Å²) in [6.07, 6.45) is 4.91. The molecule has 25 heavy (non-hydrogen) atoms.